The fourth-order valence-corrected chi connectivity index (χ4v) is 3.20. The summed E-state index contributed by atoms with van der Waals surface area (Å²) in [6.07, 6.45) is -3.17. The molecule has 2 aromatic rings. The quantitative estimate of drug-likeness (QED) is 0.807. The highest BCUT2D eigenvalue weighted by Crippen LogP contribution is 2.17. The van der Waals surface area contributed by atoms with Crippen LogP contribution in [0.25, 0.3) is 11.2 Å². The van der Waals surface area contributed by atoms with Gasteiger partial charge in [-0.25, -0.2) is 14.2 Å². The third kappa shape index (κ3) is 2.87. The fourth-order valence-electron chi connectivity index (χ4n) is 2.07. The zero-order chi connectivity index (χ0) is 17.5. The number of nitrogens with zero attached hydrogens (tertiary/aromatic N) is 4. The molecule has 0 radical (unpaired) electrons. The molecule has 0 N–H and O–H groups in total. The SMILES string of the molecule is Cn1c(=O)c2c(nc(S(=O)CCC(F)=C(F)F)n2C)n(C)c1=O. The van der Waals surface area contributed by atoms with Gasteiger partial charge in [0.25, 0.3) is 5.56 Å². The number of hydrogen-bond donors (Lipinski definition) is 0. The molecule has 0 saturated carbocycles. The molecule has 2 rings (SSSR count). The first-order chi connectivity index (χ1) is 10.7. The summed E-state index contributed by atoms with van der Waals surface area (Å²) in [5.74, 6) is -2.06. The molecule has 0 aliphatic carbocycles. The van der Waals surface area contributed by atoms with Crippen LogP contribution in [-0.2, 0) is 31.9 Å². The van der Waals surface area contributed by atoms with Gasteiger partial charge in [-0.1, -0.05) is 0 Å². The molecule has 0 saturated heterocycles. The van der Waals surface area contributed by atoms with E-state index in [1.54, 1.807) is 0 Å². The van der Waals surface area contributed by atoms with Gasteiger partial charge in [0.1, 0.15) is 0 Å². The van der Waals surface area contributed by atoms with Gasteiger partial charge in [-0.3, -0.25) is 18.1 Å². The van der Waals surface area contributed by atoms with E-state index in [-0.39, 0.29) is 16.3 Å². The summed E-state index contributed by atoms with van der Waals surface area (Å²) in [4.78, 5) is 28.0. The Morgan fingerprint density at radius 3 is 2.26 bits per heavy atom. The Balaban J connectivity index is 2.54. The molecule has 0 aliphatic rings. The van der Waals surface area contributed by atoms with Crippen LogP contribution in [0.5, 0.6) is 0 Å². The van der Waals surface area contributed by atoms with Gasteiger partial charge in [-0.15, -0.1) is 0 Å². The van der Waals surface area contributed by atoms with Gasteiger partial charge in [0.05, 0.1) is 10.8 Å². The van der Waals surface area contributed by atoms with Crippen molar-refractivity contribution in [1.29, 1.82) is 0 Å². The molecule has 1 unspecified atom stereocenters. The predicted molar refractivity (Wildman–Crippen MR) is 77.4 cm³/mol. The number of aromatic nitrogens is 4. The average Bonchev–Trinajstić information content (AvgIpc) is 2.85. The Morgan fingerprint density at radius 2 is 1.70 bits per heavy atom. The van der Waals surface area contributed by atoms with E-state index < -0.39 is 46.1 Å². The monoisotopic (exact) mass is 350 g/mol. The average molecular weight is 350 g/mol. The Morgan fingerprint density at radius 1 is 1.09 bits per heavy atom. The normalized spacial score (nSPS) is 12.6. The van der Waals surface area contributed by atoms with Crippen molar-refractivity contribution in [3.8, 4) is 0 Å². The Hall–Kier alpha value is -2.17. The van der Waals surface area contributed by atoms with Gasteiger partial charge in [0.2, 0.25) is 5.16 Å². The largest absolute Gasteiger partial charge is 0.332 e. The standard InChI is InChI=1S/C12H13F3N4O3S/c1-17-7-9(18(2)12(21)19(3)10(7)20)16-11(17)23(22)5-4-6(13)8(14)15/h4-5H2,1-3H3. The van der Waals surface area contributed by atoms with Crippen molar-refractivity contribution < 1.29 is 17.4 Å². The van der Waals surface area contributed by atoms with Crippen LogP contribution in [0.4, 0.5) is 13.2 Å². The summed E-state index contributed by atoms with van der Waals surface area (Å²) in [6.45, 7) is 0. The first-order valence-electron chi connectivity index (χ1n) is 6.37. The lowest BCUT2D eigenvalue weighted by Gasteiger charge is -2.03. The minimum absolute atomic E-state index is 0.0247. The Kier molecular flexibility index (Phi) is 4.59. The number of fused-ring (bicyclic) bond motifs is 1. The highest BCUT2D eigenvalue weighted by atomic mass is 32.2. The van der Waals surface area contributed by atoms with E-state index in [0.29, 0.717) is 0 Å². The van der Waals surface area contributed by atoms with E-state index in [4.69, 9.17) is 0 Å². The zero-order valence-electron chi connectivity index (χ0n) is 12.5. The summed E-state index contributed by atoms with van der Waals surface area (Å²) in [7, 11) is 2.18. The molecule has 1 atom stereocenters. The predicted octanol–water partition coefficient (Wildman–Crippen LogP) is 0.546. The summed E-state index contributed by atoms with van der Waals surface area (Å²) < 4.78 is 52.2. The zero-order valence-corrected chi connectivity index (χ0v) is 13.3. The smallest absolute Gasteiger partial charge is 0.314 e. The molecule has 0 aliphatic heterocycles. The van der Waals surface area contributed by atoms with Crippen molar-refractivity contribution in [2.75, 3.05) is 5.75 Å². The molecule has 126 valence electrons. The molecule has 7 nitrogen and oxygen atoms in total. The molecule has 0 fully saturated rings. The van der Waals surface area contributed by atoms with E-state index >= 15 is 0 Å². The van der Waals surface area contributed by atoms with E-state index in [1.165, 1.54) is 25.7 Å². The second-order valence-corrected chi connectivity index (χ2v) is 6.26. The maximum absolute atomic E-state index is 12.8. The van der Waals surface area contributed by atoms with Gasteiger partial charge in [-0.2, -0.15) is 8.78 Å². The summed E-state index contributed by atoms with van der Waals surface area (Å²) in [5.41, 5.74) is -1.16. The van der Waals surface area contributed by atoms with E-state index in [2.05, 4.69) is 4.98 Å². The van der Waals surface area contributed by atoms with E-state index in [0.717, 1.165) is 9.13 Å². The van der Waals surface area contributed by atoms with E-state index in [1.807, 2.05) is 0 Å². The summed E-state index contributed by atoms with van der Waals surface area (Å²) >= 11 is 0. The maximum atomic E-state index is 12.8. The van der Waals surface area contributed by atoms with Crippen molar-refractivity contribution in [1.82, 2.24) is 18.7 Å². The first-order valence-corrected chi connectivity index (χ1v) is 7.69. The fraction of sp³-hybridized carbons (Fsp3) is 0.417. The molecular formula is C12H13F3N4O3S. The third-order valence-corrected chi connectivity index (χ3v) is 4.70. The minimum Gasteiger partial charge on any atom is -0.314 e. The number of halogens is 3. The minimum atomic E-state index is -2.46. The van der Waals surface area contributed by atoms with Crippen LogP contribution in [0.1, 0.15) is 6.42 Å². The van der Waals surface area contributed by atoms with Crippen LogP contribution in [-0.4, -0.2) is 28.6 Å². The highest BCUT2D eigenvalue weighted by Gasteiger charge is 2.21. The third-order valence-electron chi connectivity index (χ3n) is 3.35. The van der Waals surface area contributed by atoms with Crippen LogP contribution >= 0.6 is 0 Å². The number of aryl methyl sites for hydroxylation is 2. The number of imidazole rings is 1. The Bertz CT molecular complexity index is 953. The number of allylic oxidation sites excluding steroid dienone is 1. The van der Waals surface area contributed by atoms with Crippen LogP contribution < -0.4 is 11.2 Å². The number of hydrogen-bond acceptors (Lipinski definition) is 4. The van der Waals surface area contributed by atoms with Crippen molar-refractivity contribution in [3.63, 3.8) is 0 Å². The van der Waals surface area contributed by atoms with Crippen LogP contribution in [0.3, 0.4) is 0 Å². The lowest BCUT2D eigenvalue weighted by Crippen LogP contribution is -2.37. The van der Waals surface area contributed by atoms with Gasteiger partial charge in [0.15, 0.2) is 17.0 Å². The second kappa shape index (κ2) is 6.14. The maximum Gasteiger partial charge on any atom is 0.332 e. The highest BCUT2D eigenvalue weighted by molar-refractivity contribution is 7.84. The van der Waals surface area contributed by atoms with Crippen LogP contribution in [0.15, 0.2) is 26.7 Å². The van der Waals surface area contributed by atoms with E-state index in [9.17, 15) is 27.0 Å². The molecule has 2 heterocycles. The van der Waals surface area contributed by atoms with Crippen molar-refractivity contribution in [2.24, 2.45) is 21.1 Å². The van der Waals surface area contributed by atoms with Crippen molar-refractivity contribution in [2.45, 2.75) is 11.6 Å². The summed E-state index contributed by atoms with van der Waals surface area (Å²) in [5, 5.41) is -0.0923. The lowest BCUT2D eigenvalue weighted by atomic mass is 10.4. The molecular weight excluding hydrogens is 337 g/mol. The van der Waals surface area contributed by atoms with Crippen LogP contribution in [0.2, 0.25) is 0 Å². The summed E-state index contributed by atoms with van der Waals surface area (Å²) in [6, 6.07) is 0. The Labute approximate surface area is 130 Å². The molecule has 0 aromatic carbocycles. The van der Waals surface area contributed by atoms with Gasteiger partial charge in [0, 0.05) is 33.3 Å². The van der Waals surface area contributed by atoms with Crippen molar-refractivity contribution >= 4 is 22.0 Å². The van der Waals surface area contributed by atoms with Gasteiger partial charge < -0.3 is 4.57 Å². The lowest BCUT2D eigenvalue weighted by molar-refractivity contribution is 0.373. The molecule has 0 bridgehead atoms. The van der Waals surface area contributed by atoms with Crippen LogP contribution in [0, 0.1) is 0 Å². The van der Waals surface area contributed by atoms with Gasteiger partial charge >= 0.3 is 11.8 Å². The number of rotatable bonds is 4. The van der Waals surface area contributed by atoms with Crippen molar-refractivity contribution in [3.05, 3.63) is 32.7 Å². The first kappa shape index (κ1) is 17.2. The molecule has 0 amide bonds. The molecule has 0 spiro atoms. The molecule has 11 heteroatoms. The molecule has 2 aromatic heterocycles. The second-order valence-electron chi connectivity index (χ2n) is 4.80. The topological polar surface area (TPSA) is 78.9 Å². The molecule has 23 heavy (non-hydrogen) atoms. The van der Waals surface area contributed by atoms with Gasteiger partial charge in [-0.05, 0) is 0 Å².